The molecule has 0 saturated carbocycles. The molecule has 4 N–H and O–H groups in total. The lowest BCUT2D eigenvalue weighted by Gasteiger charge is -2.50. The molecular weight excluding hydrogens is 520 g/mol. The van der Waals surface area contributed by atoms with Crippen molar-refractivity contribution in [3.05, 3.63) is 41.1 Å². The lowest BCUT2D eigenvalue weighted by molar-refractivity contribution is -0.151. The molecule has 12 heteroatoms. The number of nitrogens with one attached hydrogen (secondary N) is 2. The summed E-state index contributed by atoms with van der Waals surface area (Å²) >= 11 is 8.28. The number of phenolic OH excluding ortho intramolecular Hbond substituents is 1. The first kappa shape index (κ1) is 26.8. The second kappa shape index (κ2) is 11.0. The molecule has 3 heterocycles. The molecule has 36 heavy (non-hydrogen) atoms. The van der Waals surface area contributed by atoms with Gasteiger partial charge in [0.1, 0.15) is 33.2 Å². The minimum absolute atomic E-state index is 0.00299. The van der Waals surface area contributed by atoms with Crippen molar-refractivity contribution in [2.45, 2.75) is 57.2 Å². The summed E-state index contributed by atoms with van der Waals surface area (Å²) in [4.78, 5) is 41.8. The maximum atomic E-state index is 13.8. The summed E-state index contributed by atoms with van der Waals surface area (Å²) in [6.07, 6.45) is 1.54. The van der Waals surface area contributed by atoms with E-state index in [1.165, 1.54) is 40.6 Å². The summed E-state index contributed by atoms with van der Waals surface area (Å²) in [5.41, 5.74) is 1.31. The largest absolute Gasteiger partial charge is 0.508 e. The number of β-lactam (4-membered cyclic amide) rings is 1. The molecule has 2 unspecified atom stereocenters. The van der Waals surface area contributed by atoms with Crippen LogP contribution in [0.5, 0.6) is 5.75 Å². The molecule has 0 aromatic heterocycles. The summed E-state index contributed by atoms with van der Waals surface area (Å²) in [5, 5.41) is 25.2. The van der Waals surface area contributed by atoms with Crippen molar-refractivity contribution < 1.29 is 24.6 Å². The topological polar surface area (TPSA) is 122 Å². The lowest BCUT2D eigenvalue weighted by Crippen LogP contribution is -2.71. The van der Waals surface area contributed by atoms with E-state index in [4.69, 9.17) is 12.2 Å². The number of rotatable bonds is 8. The number of hydrogen-bond acceptors (Lipinski definition) is 8. The maximum Gasteiger partial charge on any atom is 0.352 e. The number of thioether (sulfide) groups is 2. The fourth-order valence-corrected chi connectivity index (χ4v) is 7.03. The van der Waals surface area contributed by atoms with Crippen molar-refractivity contribution in [1.82, 2.24) is 20.4 Å². The number of amides is 2. The minimum Gasteiger partial charge on any atom is -0.508 e. The van der Waals surface area contributed by atoms with E-state index in [0.717, 1.165) is 12.8 Å². The summed E-state index contributed by atoms with van der Waals surface area (Å²) in [5.74, 6) is -0.392. The van der Waals surface area contributed by atoms with Gasteiger partial charge in [0.05, 0.1) is 12.0 Å². The number of aromatic hydroxyl groups is 1. The van der Waals surface area contributed by atoms with E-state index >= 15 is 0 Å². The lowest BCUT2D eigenvalue weighted by atomic mass is 9.99. The number of thiocarbonyl (C=S) groups is 1. The van der Waals surface area contributed by atoms with Crippen LogP contribution in [0, 0.1) is 5.92 Å². The predicted molar refractivity (Wildman–Crippen MR) is 144 cm³/mol. The summed E-state index contributed by atoms with van der Waals surface area (Å²) in [6.45, 7) is 5.99. The Balaban J connectivity index is 1.59. The molecule has 9 nitrogen and oxygen atoms in total. The van der Waals surface area contributed by atoms with Gasteiger partial charge in [-0.1, -0.05) is 50.0 Å². The van der Waals surface area contributed by atoms with Crippen LogP contribution in [0.1, 0.15) is 45.2 Å². The molecular formula is C24H30N4O5S3. The van der Waals surface area contributed by atoms with Crippen LogP contribution >= 0.6 is 35.7 Å². The second-order valence-electron chi connectivity index (χ2n) is 9.53. The Kier molecular flexibility index (Phi) is 8.18. The zero-order chi connectivity index (χ0) is 26.1. The van der Waals surface area contributed by atoms with Gasteiger partial charge in [-0.15, -0.1) is 11.8 Å². The van der Waals surface area contributed by atoms with E-state index in [-0.39, 0.29) is 23.5 Å². The third-order valence-electron chi connectivity index (χ3n) is 6.49. The Labute approximate surface area is 224 Å². The van der Waals surface area contributed by atoms with E-state index < -0.39 is 29.3 Å². The maximum absolute atomic E-state index is 13.8. The Morgan fingerprint density at radius 1 is 1.28 bits per heavy atom. The van der Waals surface area contributed by atoms with Gasteiger partial charge < -0.3 is 20.8 Å². The molecule has 3 aliphatic heterocycles. The fraction of sp³-hybridized carbons (Fsp3) is 0.500. The zero-order valence-electron chi connectivity index (χ0n) is 20.3. The average Bonchev–Trinajstić information content (AvgIpc) is 2.83. The number of phenols is 1. The van der Waals surface area contributed by atoms with E-state index in [0.29, 0.717) is 33.0 Å². The molecule has 2 saturated heterocycles. The Morgan fingerprint density at radius 3 is 2.61 bits per heavy atom. The highest BCUT2D eigenvalue weighted by molar-refractivity contribution is 8.23. The molecule has 0 aliphatic carbocycles. The van der Waals surface area contributed by atoms with Crippen LogP contribution in [0.15, 0.2) is 35.5 Å². The molecule has 0 bridgehead atoms. The van der Waals surface area contributed by atoms with E-state index in [1.807, 2.05) is 4.90 Å². The van der Waals surface area contributed by atoms with Crippen molar-refractivity contribution in [1.29, 1.82) is 0 Å². The van der Waals surface area contributed by atoms with Crippen molar-refractivity contribution in [3.63, 3.8) is 0 Å². The molecule has 2 amide bonds. The molecule has 4 rings (SSSR count). The zero-order valence-corrected chi connectivity index (χ0v) is 22.7. The monoisotopic (exact) mass is 550 g/mol. The standard InChI is InChI=1S/C24H30N4O5S3/c1-12(2)4-9-16-25-24(34)36-11-27(16)19(14-5-7-15(29)8-6-14)20(30)26-17-21(31)28-18(23(32)33)13(3)10-35-22(17)28/h5-8,12,16-17,19,22,29H,4,9-11H2,1-3H3,(H,25,34)(H,26,30)(H,32,33)/t16?,17-,19?,22-/m1/s1. The van der Waals surface area contributed by atoms with Gasteiger partial charge in [0, 0.05) is 5.75 Å². The molecule has 4 atom stereocenters. The molecule has 1 aromatic rings. The van der Waals surface area contributed by atoms with E-state index in [1.54, 1.807) is 19.1 Å². The van der Waals surface area contributed by atoms with Gasteiger partial charge in [0.2, 0.25) is 5.91 Å². The number of carbonyl (C=O) groups excluding carboxylic acids is 2. The molecule has 0 radical (unpaired) electrons. The molecule has 0 spiro atoms. The Bertz CT molecular complexity index is 1090. The number of aliphatic carboxylic acids is 1. The first-order valence-electron chi connectivity index (χ1n) is 11.7. The van der Waals surface area contributed by atoms with Gasteiger partial charge in [-0.25, -0.2) is 4.79 Å². The SMILES string of the molecule is CC1=C(C(=O)O)N2C(=O)[C@@H](NC(=O)C(c3ccc(O)cc3)N3CSC(=S)NC3CCC(C)C)[C@H]2SC1. The van der Waals surface area contributed by atoms with Gasteiger partial charge in [-0.2, -0.15) is 0 Å². The average molecular weight is 551 g/mol. The number of carboxylic acids is 1. The van der Waals surface area contributed by atoms with Gasteiger partial charge in [-0.05, 0) is 49.0 Å². The summed E-state index contributed by atoms with van der Waals surface area (Å²) in [6, 6.07) is 4.93. The minimum atomic E-state index is -1.14. The van der Waals surface area contributed by atoms with Crippen LogP contribution in [-0.2, 0) is 14.4 Å². The van der Waals surface area contributed by atoms with Crippen LogP contribution in [0.4, 0.5) is 0 Å². The van der Waals surface area contributed by atoms with Gasteiger partial charge in [-0.3, -0.25) is 19.4 Å². The second-order valence-corrected chi connectivity index (χ2v) is 12.3. The highest BCUT2D eigenvalue weighted by Gasteiger charge is 2.54. The quantitative estimate of drug-likeness (QED) is 0.284. The molecule has 194 valence electrons. The predicted octanol–water partition coefficient (Wildman–Crippen LogP) is 2.83. The van der Waals surface area contributed by atoms with Crippen molar-refractivity contribution >= 4 is 57.8 Å². The van der Waals surface area contributed by atoms with Gasteiger partial charge in [0.15, 0.2) is 0 Å². The molecule has 3 aliphatic rings. The Hall–Kier alpha value is -2.28. The first-order chi connectivity index (χ1) is 17.1. The van der Waals surface area contributed by atoms with Crippen LogP contribution < -0.4 is 10.6 Å². The third-order valence-corrected chi connectivity index (χ3v) is 9.20. The summed E-state index contributed by atoms with van der Waals surface area (Å²) < 4.78 is 0.677. The first-order valence-corrected chi connectivity index (χ1v) is 14.2. The van der Waals surface area contributed by atoms with Crippen LogP contribution in [-0.4, -0.2) is 71.3 Å². The highest BCUT2D eigenvalue weighted by atomic mass is 32.2. The van der Waals surface area contributed by atoms with E-state index in [2.05, 4.69) is 24.5 Å². The third kappa shape index (κ3) is 5.36. The van der Waals surface area contributed by atoms with Crippen molar-refractivity contribution in [3.8, 4) is 5.75 Å². The number of nitrogens with zero attached hydrogens (tertiary/aromatic N) is 2. The summed E-state index contributed by atoms with van der Waals surface area (Å²) in [7, 11) is 0. The van der Waals surface area contributed by atoms with E-state index in [9.17, 15) is 24.6 Å². The van der Waals surface area contributed by atoms with Crippen LogP contribution in [0.2, 0.25) is 0 Å². The molecule has 1 aromatic carbocycles. The number of carboxylic acid groups (broad SMARTS) is 1. The van der Waals surface area contributed by atoms with Crippen LogP contribution in [0.25, 0.3) is 0 Å². The normalized spacial score (nSPS) is 25.2. The van der Waals surface area contributed by atoms with Crippen molar-refractivity contribution in [2.24, 2.45) is 5.92 Å². The smallest absolute Gasteiger partial charge is 0.352 e. The number of fused-ring (bicyclic) bond motifs is 1. The number of carbonyl (C=O) groups is 3. The van der Waals surface area contributed by atoms with Gasteiger partial charge in [0.25, 0.3) is 5.91 Å². The number of benzene rings is 1. The molecule has 2 fully saturated rings. The fourth-order valence-electron chi connectivity index (χ4n) is 4.63. The Morgan fingerprint density at radius 2 is 1.97 bits per heavy atom. The number of hydrogen-bond donors (Lipinski definition) is 4. The van der Waals surface area contributed by atoms with Gasteiger partial charge >= 0.3 is 5.97 Å². The van der Waals surface area contributed by atoms with Crippen molar-refractivity contribution in [2.75, 3.05) is 11.6 Å². The van der Waals surface area contributed by atoms with Crippen LogP contribution in [0.3, 0.4) is 0 Å². The highest BCUT2D eigenvalue weighted by Crippen LogP contribution is 2.41.